The minimum atomic E-state index is -0.851. The second-order valence-electron chi connectivity index (χ2n) is 5.96. The number of ether oxygens (including phenoxy) is 1. The smallest absolute Gasteiger partial charge is 0.308 e. The third-order valence-corrected chi connectivity index (χ3v) is 3.18. The number of hydrogen-bond acceptors (Lipinski definition) is 3. The molecule has 2 unspecified atom stereocenters. The van der Waals surface area contributed by atoms with Crippen molar-refractivity contribution < 1.29 is 19.4 Å². The lowest BCUT2D eigenvalue weighted by molar-refractivity contribution is -0.142. The van der Waals surface area contributed by atoms with Gasteiger partial charge in [0.25, 0.3) is 0 Å². The van der Waals surface area contributed by atoms with Gasteiger partial charge in [-0.2, -0.15) is 0 Å². The zero-order chi connectivity index (χ0) is 13.8. The maximum Gasteiger partial charge on any atom is 0.308 e. The molecule has 2 atom stereocenters. The minimum Gasteiger partial charge on any atom is -0.481 e. The lowest BCUT2D eigenvalue weighted by Crippen LogP contribution is -2.40. The Hall–Kier alpha value is -1.10. The SMILES string of the molecule is CC(C)(C)C(=O)NCC(CC1CCOC1)C(=O)O. The second kappa shape index (κ2) is 6.18. The Kier molecular flexibility index (Phi) is 5.14. The van der Waals surface area contributed by atoms with Gasteiger partial charge in [-0.05, 0) is 18.8 Å². The van der Waals surface area contributed by atoms with Crippen LogP contribution in [-0.4, -0.2) is 36.7 Å². The van der Waals surface area contributed by atoms with Gasteiger partial charge in [0, 0.05) is 25.2 Å². The van der Waals surface area contributed by atoms with Crippen LogP contribution >= 0.6 is 0 Å². The van der Waals surface area contributed by atoms with Crippen LogP contribution in [0.25, 0.3) is 0 Å². The first-order valence-corrected chi connectivity index (χ1v) is 6.39. The van der Waals surface area contributed by atoms with Gasteiger partial charge in [0.2, 0.25) is 5.91 Å². The average Bonchev–Trinajstić information content (AvgIpc) is 2.74. The van der Waals surface area contributed by atoms with Crippen LogP contribution in [0.15, 0.2) is 0 Å². The van der Waals surface area contributed by atoms with Crippen molar-refractivity contribution >= 4 is 11.9 Å². The van der Waals surface area contributed by atoms with Crippen LogP contribution in [0.4, 0.5) is 0 Å². The van der Waals surface area contributed by atoms with E-state index in [2.05, 4.69) is 5.32 Å². The van der Waals surface area contributed by atoms with E-state index in [0.717, 1.165) is 6.42 Å². The number of carboxylic acids is 1. The zero-order valence-corrected chi connectivity index (χ0v) is 11.4. The Labute approximate surface area is 108 Å². The van der Waals surface area contributed by atoms with Crippen LogP contribution in [0.1, 0.15) is 33.6 Å². The molecule has 18 heavy (non-hydrogen) atoms. The number of carboxylic acid groups (broad SMARTS) is 1. The molecule has 0 aromatic rings. The molecule has 1 aliphatic rings. The van der Waals surface area contributed by atoms with Crippen LogP contribution in [0.5, 0.6) is 0 Å². The molecule has 1 amide bonds. The first-order valence-electron chi connectivity index (χ1n) is 6.39. The summed E-state index contributed by atoms with van der Waals surface area (Å²) in [5.41, 5.74) is -0.487. The van der Waals surface area contributed by atoms with Gasteiger partial charge in [-0.3, -0.25) is 9.59 Å². The van der Waals surface area contributed by atoms with Crippen LogP contribution in [0.2, 0.25) is 0 Å². The van der Waals surface area contributed by atoms with E-state index in [9.17, 15) is 9.59 Å². The lowest BCUT2D eigenvalue weighted by atomic mass is 9.92. The summed E-state index contributed by atoms with van der Waals surface area (Å²) in [6, 6.07) is 0. The highest BCUT2D eigenvalue weighted by molar-refractivity contribution is 5.82. The molecule has 0 aliphatic carbocycles. The summed E-state index contributed by atoms with van der Waals surface area (Å²) in [5, 5.41) is 11.9. The number of nitrogens with one attached hydrogen (secondary N) is 1. The molecule has 104 valence electrons. The number of amides is 1. The Bertz CT molecular complexity index is 303. The number of rotatable bonds is 5. The maximum absolute atomic E-state index is 11.7. The van der Waals surface area contributed by atoms with Crippen LogP contribution in [0.3, 0.4) is 0 Å². The topological polar surface area (TPSA) is 75.6 Å². The second-order valence-corrected chi connectivity index (χ2v) is 5.96. The molecule has 5 heteroatoms. The molecule has 0 saturated carbocycles. The van der Waals surface area contributed by atoms with Crippen LogP contribution in [0, 0.1) is 17.3 Å². The van der Waals surface area contributed by atoms with Gasteiger partial charge >= 0.3 is 5.97 Å². The molecule has 0 bridgehead atoms. The molecular weight excluding hydrogens is 234 g/mol. The fourth-order valence-corrected chi connectivity index (χ4v) is 1.92. The van der Waals surface area contributed by atoms with E-state index < -0.39 is 17.3 Å². The van der Waals surface area contributed by atoms with Crippen molar-refractivity contribution in [2.45, 2.75) is 33.6 Å². The van der Waals surface area contributed by atoms with E-state index in [4.69, 9.17) is 9.84 Å². The van der Waals surface area contributed by atoms with Crippen LogP contribution in [-0.2, 0) is 14.3 Å². The predicted octanol–water partition coefficient (Wildman–Crippen LogP) is 1.28. The monoisotopic (exact) mass is 257 g/mol. The molecule has 1 fully saturated rings. The van der Waals surface area contributed by atoms with Crippen molar-refractivity contribution in [1.29, 1.82) is 0 Å². The number of aliphatic carboxylic acids is 1. The number of carbonyl (C=O) groups excluding carboxylic acids is 1. The van der Waals surface area contributed by atoms with Gasteiger partial charge in [-0.1, -0.05) is 20.8 Å². The van der Waals surface area contributed by atoms with E-state index in [1.807, 2.05) is 20.8 Å². The van der Waals surface area contributed by atoms with Gasteiger partial charge in [-0.25, -0.2) is 0 Å². The summed E-state index contributed by atoms with van der Waals surface area (Å²) < 4.78 is 5.24. The Morgan fingerprint density at radius 3 is 2.56 bits per heavy atom. The van der Waals surface area contributed by atoms with Crippen LogP contribution < -0.4 is 5.32 Å². The molecule has 2 N–H and O–H groups in total. The van der Waals surface area contributed by atoms with Crippen molar-refractivity contribution in [1.82, 2.24) is 5.32 Å². The van der Waals surface area contributed by atoms with Gasteiger partial charge in [0.05, 0.1) is 5.92 Å². The fourth-order valence-electron chi connectivity index (χ4n) is 1.92. The summed E-state index contributed by atoms with van der Waals surface area (Å²) in [4.78, 5) is 22.9. The van der Waals surface area contributed by atoms with E-state index in [-0.39, 0.29) is 12.5 Å². The molecule has 1 aliphatic heterocycles. The molecule has 0 aromatic heterocycles. The Morgan fingerprint density at radius 2 is 2.11 bits per heavy atom. The van der Waals surface area contributed by atoms with Gasteiger partial charge < -0.3 is 15.2 Å². The quantitative estimate of drug-likeness (QED) is 0.778. The summed E-state index contributed by atoms with van der Waals surface area (Å²) in [7, 11) is 0. The summed E-state index contributed by atoms with van der Waals surface area (Å²) in [6.07, 6.45) is 1.48. The normalized spacial score (nSPS) is 21.6. The van der Waals surface area contributed by atoms with Gasteiger partial charge in [0.1, 0.15) is 0 Å². The van der Waals surface area contributed by atoms with Crippen molar-refractivity contribution in [2.75, 3.05) is 19.8 Å². The minimum absolute atomic E-state index is 0.114. The van der Waals surface area contributed by atoms with Crippen molar-refractivity contribution in [2.24, 2.45) is 17.3 Å². The molecule has 0 radical (unpaired) electrons. The fraction of sp³-hybridized carbons (Fsp3) is 0.846. The zero-order valence-electron chi connectivity index (χ0n) is 11.4. The van der Waals surface area contributed by atoms with Crippen molar-refractivity contribution in [3.63, 3.8) is 0 Å². The highest BCUT2D eigenvalue weighted by Crippen LogP contribution is 2.21. The van der Waals surface area contributed by atoms with E-state index >= 15 is 0 Å². The highest BCUT2D eigenvalue weighted by atomic mass is 16.5. The highest BCUT2D eigenvalue weighted by Gasteiger charge is 2.27. The summed E-state index contributed by atoms with van der Waals surface area (Å²) in [6.45, 7) is 6.97. The Morgan fingerprint density at radius 1 is 1.44 bits per heavy atom. The molecule has 1 rings (SSSR count). The first-order chi connectivity index (χ1) is 8.30. The van der Waals surface area contributed by atoms with E-state index in [0.29, 0.717) is 25.6 Å². The summed E-state index contributed by atoms with van der Waals surface area (Å²) >= 11 is 0. The largest absolute Gasteiger partial charge is 0.481 e. The molecule has 0 aromatic carbocycles. The molecule has 5 nitrogen and oxygen atoms in total. The Balaban J connectivity index is 2.43. The van der Waals surface area contributed by atoms with E-state index in [1.165, 1.54) is 0 Å². The third kappa shape index (κ3) is 4.64. The number of hydrogen-bond donors (Lipinski definition) is 2. The molecule has 1 heterocycles. The first kappa shape index (κ1) is 15.0. The molecule has 0 spiro atoms. The lowest BCUT2D eigenvalue weighted by Gasteiger charge is -2.21. The maximum atomic E-state index is 11.7. The summed E-state index contributed by atoms with van der Waals surface area (Å²) in [5.74, 6) is -1.19. The number of carbonyl (C=O) groups is 2. The standard InChI is InChI=1S/C13H23NO4/c1-13(2,3)12(17)14-7-10(11(15)16)6-9-4-5-18-8-9/h9-10H,4-8H2,1-3H3,(H,14,17)(H,15,16). The predicted molar refractivity (Wildman–Crippen MR) is 67.1 cm³/mol. The molecule has 1 saturated heterocycles. The van der Waals surface area contributed by atoms with Gasteiger partial charge in [-0.15, -0.1) is 0 Å². The van der Waals surface area contributed by atoms with Crippen molar-refractivity contribution in [3.8, 4) is 0 Å². The average molecular weight is 257 g/mol. The van der Waals surface area contributed by atoms with E-state index in [1.54, 1.807) is 0 Å². The van der Waals surface area contributed by atoms with Crippen molar-refractivity contribution in [3.05, 3.63) is 0 Å². The van der Waals surface area contributed by atoms with Gasteiger partial charge in [0.15, 0.2) is 0 Å². The molecular formula is C13H23NO4. The third-order valence-electron chi connectivity index (χ3n) is 3.18.